The first-order chi connectivity index (χ1) is 7.86. The van der Waals surface area contributed by atoms with Gasteiger partial charge in [0.25, 0.3) is 0 Å². The molecule has 0 aromatic heterocycles. The van der Waals surface area contributed by atoms with E-state index in [1.165, 1.54) is 5.57 Å². The monoisotopic (exact) mass is 228 g/mol. The van der Waals surface area contributed by atoms with Crippen LogP contribution in [-0.2, 0) is 0 Å². The molecule has 1 aliphatic carbocycles. The van der Waals surface area contributed by atoms with E-state index < -0.39 is 0 Å². The van der Waals surface area contributed by atoms with Crippen molar-refractivity contribution < 1.29 is 4.79 Å². The van der Waals surface area contributed by atoms with Crippen LogP contribution >= 0.6 is 11.8 Å². The van der Waals surface area contributed by atoms with Crippen LogP contribution in [0.4, 0.5) is 0 Å². The van der Waals surface area contributed by atoms with Crippen LogP contribution in [0, 0.1) is 0 Å². The number of Topliss-reactive ketones (excluding diaryl/α,β-unsaturated/α-hetero) is 1. The van der Waals surface area contributed by atoms with Crippen molar-refractivity contribution in [3.63, 3.8) is 0 Å². The van der Waals surface area contributed by atoms with E-state index in [1.54, 1.807) is 11.8 Å². The van der Waals surface area contributed by atoms with Crippen molar-refractivity contribution in [3.8, 4) is 0 Å². The van der Waals surface area contributed by atoms with E-state index in [1.807, 2.05) is 24.3 Å². The number of benzene rings is 1. The zero-order valence-corrected chi connectivity index (χ0v) is 9.72. The molecule has 16 heavy (non-hydrogen) atoms. The third-order valence-corrected chi connectivity index (χ3v) is 4.18. The SMILES string of the molecule is O=C1C2=C(C=CCC2)CSc2ccccc21. The molecule has 0 saturated carbocycles. The van der Waals surface area contributed by atoms with Crippen molar-refractivity contribution in [1.82, 2.24) is 0 Å². The number of hydrogen-bond donors (Lipinski definition) is 0. The van der Waals surface area contributed by atoms with Gasteiger partial charge in [0.15, 0.2) is 5.78 Å². The molecule has 0 fully saturated rings. The fourth-order valence-electron chi connectivity index (χ4n) is 2.21. The number of hydrogen-bond acceptors (Lipinski definition) is 2. The summed E-state index contributed by atoms with van der Waals surface area (Å²) < 4.78 is 0. The molecule has 0 amide bonds. The number of carbonyl (C=O) groups excluding carboxylic acids is 1. The van der Waals surface area contributed by atoms with Gasteiger partial charge < -0.3 is 0 Å². The molecule has 0 spiro atoms. The molecule has 0 unspecified atom stereocenters. The molecule has 0 atom stereocenters. The lowest BCUT2D eigenvalue weighted by molar-refractivity contribution is 0.102. The highest BCUT2D eigenvalue weighted by atomic mass is 32.2. The Labute approximate surface area is 99.2 Å². The molecule has 1 nitrogen and oxygen atoms in total. The molecule has 1 heterocycles. The highest BCUT2D eigenvalue weighted by Crippen LogP contribution is 2.35. The minimum atomic E-state index is 0.236. The summed E-state index contributed by atoms with van der Waals surface area (Å²) in [5.74, 6) is 1.16. The Morgan fingerprint density at radius 2 is 2.06 bits per heavy atom. The fraction of sp³-hybridized carbons (Fsp3) is 0.214. The quantitative estimate of drug-likeness (QED) is 0.674. The zero-order chi connectivity index (χ0) is 11.0. The number of carbonyl (C=O) groups is 1. The molecule has 80 valence electrons. The number of rotatable bonds is 0. The summed E-state index contributed by atoms with van der Waals surface area (Å²) in [7, 11) is 0. The minimum absolute atomic E-state index is 0.236. The van der Waals surface area contributed by atoms with Crippen molar-refractivity contribution in [2.24, 2.45) is 0 Å². The topological polar surface area (TPSA) is 17.1 Å². The van der Waals surface area contributed by atoms with Gasteiger partial charge in [-0.05, 0) is 30.5 Å². The molecular weight excluding hydrogens is 216 g/mol. The van der Waals surface area contributed by atoms with E-state index in [9.17, 15) is 4.79 Å². The van der Waals surface area contributed by atoms with Gasteiger partial charge in [0.05, 0.1) is 0 Å². The fourth-order valence-corrected chi connectivity index (χ4v) is 3.28. The lowest BCUT2D eigenvalue weighted by Gasteiger charge is -2.11. The van der Waals surface area contributed by atoms with Gasteiger partial charge in [-0.25, -0.2) is 0 Å². The zero-order valence-electron chi connectivity index (χ0n) is 8.90. The number of ketones is 1. The van der Waals surface area contributed by atoms with Gasteiger partial charge in [0, 0.05) is 21.8 Å². The summed E-state index contributed by atoms with van der Waals surface area (Å²) in [6.07, 6.45) is 6.19. The van der Waals surface area contributed by atoms with Crippen molar-refractivity contribution in [2.45, 2.75) is 17.7 Å². The number of thioether (sulfide) groups is 1. The maximum atomic E-state index is 12.4. The molecule has 2 heteroatoms. The number of fused-ring (bicyclic) bond motifs is 1. The predicted molar refractivity (Wildman–Crippen MR) is 66.9 cm³/mol. The minimum Gasteiger partial charge on any atom is -0.289 e. The molecule has 0 bridgehead atoms. The molecule has 0 N–H and O–H groups in total. The molecule has 3 rings (SSSR count). The first-order valence-corrected chi connectivity index (χ1v) is 6.50. The van der Waals surface area contributed by atoms with Gasteiger partial charge in [-0.2, -0.15) is 0 Å². The van der Waals surface area contributed by atoms with Crippen LogP contribution in [0.2, 0.25) is 0 Å². The van der Waals surface area contributed by atoms with Crippen LogP contribution < -0.4 is 0 Å². The second-order valence-corrected chi connectivity index (χ2v) is 5.08. The Balaban J connectivity index is 2.13. The molecule has 0 radical (unpaired) electrons. The van der Waals surface area contributed by atoms with Gasteiger partial charge in [0.1, 0.15) is 0 Å². The Morgan fingerprint density at radius 1 is 1.19 bits per heavy atom. The highest BCUT2D eigenvalue weighted by Gasteiger charge is 2.23. The summed E-state index contributed by atoms with van der Waals surface area (Å²) in [4.78, 5) is 13.5. The van der Waals surface area contributed by atoms with Gasteiger partial charge in [-0.15, -0.1) is 11.8 Å². The molecule has 0 saturated heterocycles. The molecule has 1 aliphatic heterocycles. The van der Waals surface area contributed by atoms with Crippen LogP contribution in [0.25, 0.3) is 0 Å². The summed E-state index contributed by atoms with van der Waals surface area (Å²) >= 11 is 1.77. The van der Waals surface area contributed by atoms with Crippen LogP contribution in [0.3, 0.4) is 0 Å². The van der Waals surface area contributed by atoms with Crippen molar-refractivity contribution in [3.05, 3.63) is 53.1 Å². The molecule has 2 aliphatic rings. The van der Waals surface area contributed by atoms with Crippen LogP contribution in [0.15, 0.2) is 52.5 Å². The van der Waals surface area contributed by atoms with Crippen LogP contribution in [0.5, 0.6) is 0 Å². The Kier molecular flexibility index (Phi) is 2.44. The van der Waals surface area contributed by atoms with Crippen molar-refractivity contribution in [1.29, 1.82) is 0 Å². The summed E-state index contributed by atoms with van der Waals surface area (Å²) in [6, 6.07) is 7.93. The average Bonchev–Trinajstić information content (AvgIpc) is 2.49. The van der Waals surface area contributed by atoms with E-state index >= 15 is 0 Å². The van der Waals surface area contributed by atoms with Gasteiger partial charge in [0.2, 0.25) is 0 Å². The van der Waals surface area contributed by atoms with Gasteiger partial charge in [-0.3, -0.25) is 4.79 Å². The van der Waals surface area contributed by atoms with Crippen molar-refractivity contribution >= 4 is 17.5 Å². The van der Waals surface area contributed by atoms with E-state index in [0.29, 0.717) is 0 Å². The summed E-state index contributed by atoms with van der Waals surface area (Å²) in [5.41, 5.74) is 3.13. The van der Waals surface area contributed by atoms with E-state index in [4.69, 9.17) is 0 Å². The van der Waals surface area contributed by atoms with Crippen molar-refractivity contribution in [2.75, 3.05) is 5.75 Å². The van der Waals surface area contributed by atoms with Gasteiger partial charge >= 0.3 is 0 Å². The second kappa shape index (κ2) is 3.95. The van der Waals surface area contributed by atoms with Crippen LogP contribution in [-0.4, -0.2) is 11.5 Å². The lowest BCUT2D eigenvalue weighted by atomic mass is 9.92. The third kappa shape index (κ3) is 1.54. The third-order valence-electron chi connectivity index (χ3n) is 3.06. The van der Waals surface area contributed by atoms with Crippen LogP contribution in [0.1, 0.15) is 23.2 Å². The average molecular weight is 228 g/mol. The predicted octanol–water partition coefficient (Wildman–Crippen LogP) is 3.62. The number of allylic oxidation sites excluding steroid dienone is 3. The van der Waals surface area contributed by atoms with E-state index in [2.05, 4.69) is 12.2 Å². The summed E-state index contributed by atoms with van der Waals surface area (Å²) in [6.45, 7) is 0. The van der Waals surface area contributed by atoms with Gasteiger partial charge in [-0.1, -0.05) is 24.3 Å². The van der Waals surface area contributed by atoms with E-state index in [0.717, 1.165) is 34.6 Å². The first kappa shape index (κ1) is 9.91. The lowest BCUT2D eigenvalue weighted by Crippen LogP contribution is -2.07. The smallest absolute Gasteiger partial charge is 0.190 e. The maximum absolute atomic E-state index is 12.4. The largest absolute Gasteiger partial charge is 0.289 e. The Morgan fingerprint density at radius 3 is 3.00 bits per heavy atom. The standard InChI is InChI=1S/C14H12OS/c15-14-11-6-2-1-5-10(11)9-16-13-8-4-3-7-12(13)14/h1,3-5,7-8H,2,6,9H2. The molecule has 1 aromatic carbocycles. The molecule has 1 aromatic rings. The Bertz CT molecular complexity index is 511. The second-order valence-electron chi connectivity index (χ2n) is 4.06. The Hall–Kier alpha value is -1.28. The van der Waals surface area contributed by atoms with E-state index in [-0.39, 0.29) is 5.78 Å². The normalized spacial score (nSPS) is 19.1. The molecular formula is C14H12OS. The first-order valence-electron chi connectivity index (χ1n) is 5.51. The summed E-state index contributed by atoms with van der Waals surface area (Å²) in [5, 5.41) is 0. The highest BCUT2D eigenvalue weighted by molar-refractivity contribution is 7.99. The maximum Gasteiger partial charge on any atom is 0.190 e.